The topological polar surface area (TPSA) is 66.6 Å². The van der Waals surface area contributed by atoms with Crippen LogP contribution >= 0.6 is 0 Å². The predicted molar refractivity (Wildman–Crippen MR) is 83.5 cm³/mol. The molecule has 1 heterocycles. The first-order valence-electron chi connectivity index (χ1n) is 7.55. The molecule has 3 rings (SSSR count). The Morgan fingerprint density at radius 1 is 1.19 bits per heavy atom. The maximum Gasteiger partial charge on any atom is 0.243 e. The van der Waals surface area contributed by atoms with Crippen LogP contribution in [0.5, 0.6) is 0 Å². The van der Waals surface area contributed by atoms with Gasteiger partial charge in [-0.25, -0.2) is 8.42 Å². The fraction of sp³-hybridized carbons (Fsp3) is 0.600. The lowest BCUT2D eigenvalue weighted by Crippen LogP contribution is -2.49. The largest absolute Gasteiger partial charge is 0.399 e. The van der Waals surface area contributed by atoms with E-state index in [1.165, 1.54) is 12.8 Å². The highest BCUT2D eigenvalue weighted by Gasteiger charge is 2.31. The molecule has 0 amide bonds. The van der Waals surface area contributed by atoms with E-state index in [1.807, 2.05) is 6.92 Å². The third-order valence-electron chi connectivity index (χ3n) is 4.37. The average molecular weight is 309 g/mol. The lowest BCUT2D eigenvalue weighted by molar-refractivity contribution is 0.182. The zero-order valence-electron chi connectivity index (χ0n) is 12.5. The summed E-state index contributed by atoms with van der Waals surface area (Å²) in [6, 6.07) is 5.08. The Hall–Kier alpha value is -1.11. The van der Waals surface area contributed by atoms with Crippen molar-refractivity contribution in [1.29, 1.82) is 0 Å². The van der Waals surface area contributed by atoms with Gasteiger partial charge in [-0.2, -0.15) is 4.31 Å². The van der Waals surface area contributed by atoms with Crippen LogP contribution in [0, 0.1) is 12.8 Å². The van der Waals surface area contributed by atoms with E-state index >= 15 is 0 Å². The number of benzene rings is 1. The lowest BCUT2D eigenvalue weighted by Gasteiger charge is -2.34. The molecule has 2 aliphatic rings. The van der Waals surface area contributed by atoms with Gasteiger partial charge in [0.05, 0.1) is 4.90 Å². The molecule has 2 N–H and O–H groups in total. The van der Waals surface area contributed by atoms with Crippen molar-refractivity contribution in [1.82, 2.24) is 9.21 Å². The van der Waals surface area contributed by atoms with Crippen LogP contribution in [-0.2, 0) is 10.0 Å². The van der Waals surface area contributed by atoms with E-state index in [4.69, 9.17) is 5.73 Å². The second-order valence-corrected chi connectivity index (χ2v) is 8.08. The Bertz CT molecular complexity index is 618. The van der Waals surface area contributed by atoms with E-state index in [9.17, 15) is 8.42 Å². The van der Waals surface area contributed by atoms with Gasteiger partial charge in [0.1, 0.15) is 0 Å². The molecule has 1 aliphatic heterocycles. The fourth-order valence-corrected chi connectivity index (χ4v) is 4.53. The Labute approximate surface area is 126 Å². The van der Waals surface area contributed by atoms with Crippen molar-refractivity contribution in [2.75, 3.05) is 38.5 Å². The molecule has 2 fully saturated rings. The summed E-state index contributed by atoms with van der Waals surface area (Å²) >= 11 is 0. The van der Waals surface area contributed by atoms with Gasteiger partial charge in [0.25, 0.3) is 0 Å². The maximum atomic E-state index is 12.8. The summed E-state index contributed by atoms with van der Waals surface area (Å²) in [4.78, 5) is 2.73. The second kappa shape index (κ2) is 5.59. The molecule has 21 heavy (non-hydrogen) atoms. The van der Waals surface area contributed by atoms with Gasteiger partial charge in [-0.15, -0.1) is 0 Å². The Kier molecular flexibility index (Phi) is 3.94. The van der Waals surface area contributed by atoms with Crippen LogP contribution in [0.15, 0.2) is 23.1 Å². The highest BCUT2D eigenvalue weighted by Crippen LogP contribution is 2.30. The zero-order valence-corrected chi connectivity index (χ0v) is 13.3. The smallest absolute Gasteiger partial charge is 0.243 e. The molecule has 1 aromatic carbocycles. The number of hydrogen-bond donors (Lipinski definition) is 1. The van der Waals surface area contributed by atoms with E-state index in [-0.39, 0.29) is 0 Å². The van der Waals surface area contributed by atoms with Crippen molar-refractivity contribution in [2.24, 2.45) is 5.92 Å². The summed E-state index contributed by atoms with van der Waals surface area (Å²) in [5, 5.41) is 0. The van der Waals surface area contributed by atoms with Crippen LogP contribution in [0.3, 0.4) is 0 Å². The molecule has 0 radical (unpaired) electrons. The highest BCUT2D eigenvalue weighted by molar-refractivity contribution is 7.89. The quantitative estimate of drug-likeness (QED) is 0.851. The summed E-state index contributed by atoms with van der Waals surface area (Å²) in [5.41, 5.74) is 6.99. The van der Waals surface area contributed by atoms with Crippen molar-refractivity contribution in [3.8, 4) is 0 Å². The van der Waals surface area contributed by atoms with Crippen LogP contribution in [-0.4, -0.2) is 50.3 Å². The standard InChI is InChI=1S/C15H23N3O2S/c1-12-2-5-14(16)10-15(12)21(19,20)18-8-6-17(7-9-18)11-13-3-4-13/h2,5,10,13H,3-4,6-9,11,16H2,1H3. The summed E-state index contributed by atoms with van der Waals surface area (Å²) in [6.07, 6.45) is 2.67. The molecule has 0 atom stereocenters. The van der Waals surface area contributed by atoms with E-state index in [0.717, 1.165) is 31.1 Å². The Morgan fingerprint density at radius 3 is 2.48 bits per heavy atom. The van der Waals surface area contributed by atoms with Crippen LogP contribution in [0.25, 0.3) is 0 Å². The van der Waals surface area contributed by atoms with Gasteiger partial charge in [0.15, 0.2) is 0 Å². The van der Waals surface area contributed by atoms with Gasteiger partial charge in [-0.1, -0.05) is 6.07 Å². The minimum absolute atomic E-state index is 0.346. The van der Waals surface area contributed by atoms with E-state index in [1.54, 1.807) is 22.5 Å². The number of nitrogen functional groups attached to an aromatic ring is 1. The first-order chi connectivity index (χ1) is 9.96. The minimum atomic E-state index is -3.42. The van der Waals surface area contributed by atoms with E-state index < -0.39 is 10.0 Å². The van der Waals surface area contributed by atoms with Gasteiger partial charge >= 0.3 is 0 Å². The maximum absolute atomic E-state index is 12.8. The number of sulfonamides is 1. The molecule has 0 aromatic heterocycles. The SMILES string of the molecule is Cc1ccc(N)cc1S(=O)(=O)N1CCN(CC2CC2)CC1. The molecular weight excluding hydrogens is 286 g/mol. The first-order valence-corrected chi connectivity index (χ1v) is 8.99. The molecule has 1 aliphatic carbocycles. The number of anilines is 1. The van der Waals surface area contributed by atoms with Crippen molar-refractivity contribution >= 4 is 15.7 Å². The minimum Gasteiger partial charge on any atom is -0.399 e. The molecule has 0 unspecified atom stereocenters. The monoisotopic (exact) mass is 309 g/mol. The van der Waals surface area contributed by atoms with Gasteiger partial charge in [-0.3, -0.25) is 0 Å². The summed E-state index contributed by atoms with van der Waals surface area (Å²) in [6.45, 7) is 5.75. The summed E-state index contributed by atoms with van der Waals surface area (Å²) < 4.78 is 27.1. The van der Waals surface area contributed by atoms with Crippen LogP contribution in [0.4, 0.5) is 5.69 Å². The van der Waals surface area contributed by atoms with Crippen LogP contribution < -0.4 is 5.73 Å². The molecule has 5 nitrogen and oxygen atoms in total. The second-order valence-electron chi connectivity index (χ2n) is 6.17. The van der Waals surface area contributed by atoms with Crippen molar-refractivity contribution in [3.63, 3.8) is 0 Å². The molecule has 1 saturated heterocycles. The zero-order chi connectivity index (χ0) is 15.0. The van der Waals surface area contributed by atoms with Crippen LogP contribution in [0.1, 0.15) is 18.4 Å². The number of piperazine rings is 1. The molecule has 0 bridgehead atoms. The first kappa shape index (κ1) is 14.8. The predicted octanol–water partition coefficient (Wildman–Crippen LogP) is 1.29. The number of nitrogens with zero attached hydrogens (tertiary/aromatic N) is 2. The number of nitrogens with two attached hydrogens (primary N) is 1. The highest BCUT2D eigenvalue weighted by atomic mass is 32.2. The molecule has 1 aromatic rings. The van der Waals surface area contributed by atoms with Crippen LogP contribution in [0.2, 0.25) is 0 Å². The molecule has 1 saturated carbocycles. The van der Waals surface area contributed by atoms with E-state index in [0.29, 0.717) is 23.7 Å². The Balaban J connectivity index is 1.72. The molecular formula is C15H23N3O2S. The number of rotatable bonds is 4. The summed E-state index contributed by atoms with van der Waals surface area (Å²) in [5.74, 6) is 0.851. The third-order valence-corrected chi connectivity index (χ3v) is 6.42. The van der Waals surface area contributed by atoms with E-state index in [2.05, 4.69) is 4.90 Å². The third kappa shape index (κ3) is 3.22. The van der Waals surface area contributed by atoms with Gasteiger partial charge < -0.3 is 10.6 Å². The lowest BCUT2D eigenvalue weighted by atomic mass is 10.2. The van der Waals surface area contributed by atoms with Gasteiger partial charge in [0.2, 0.25) is 10.0 Å². The molecule has 6 heteroatoms. The molecule has 116 valence electrons. The number of aryl methyl sites for hydroxylation is 1. The Morgan fingerprint density at radius 2 is 1.86 bits per heavy atom. The molecule has 0 spiro atoms. The number of hydrogen-bond acceptors (Lipinski definition) is 4. The normalized spacial score (nSPS) is 21.6. The van der Waals surface area contributed by atoms with Gasteiger partial charge in [0, 0.05) is 38.4 Å². The van der Waals surface area contributed by atoms with Crippen molar-refractivity contribution in [2.45, 2.75) is 24.7 Å². The summed E-state index contributed by atoms with van der Waals surface area (Å²) in [7, 11) is -3.42. The van der Waals surface area contributed by atoms with Crippen molar-refractivity contribution in [3.05, 3.63) is 23.8 Å². The van der Waals surface area contributed by atoms with Gasteiger partial charge in [-0.05, 0) is 43.4 Å². The fourth-order valence-electron chi connectivity index (χ4n) is 2.85. The van der Waals surface area contributed by atoms with Crippen molar-refractivity contribution < 1.29 is 8.42 Å². The average Bonchev–Trinajstić information content (AvgIpc) is 3.26.